The van der Waals surface area contributed by atoms with Gasteiger partial charge in [0.05, 0.1) is 6.04 Å². The Kier molecular flexibility index (Phi) is 5.46. The Balaban J connectivity index is 1.51. The molecule has 1 fully saturated rings. The molecule has 2 amide bonds. The van der Waals surface area contributed by atoms with Crippen LogP contribution in [0.4, 0.5) is 0 Å². The minimum Gasteiger partial charge on any atom is -0.347 e. The fourth-order valence-corrected chi connectivity index (χ4v) is 3.13. The molecule has 130 valence electrons. The zero-order valence-electron chi connectivity index (χ0n) is 14.1. The van der Waals surface area contributed by atoms with Crippen LogP contribution in [-0.4, -0.2) is 41.9 Å². The quantitative estimate of drug-likeness (QED) is 0.870. The molecule has 1 saturated heterocycles. The van der Waals surface area contributed by atoms with Gasteiger partial charge in [0.25, 0.3) is 5.91 Å². The fourth-order valence-electron chi connectivity index (χ4n) is 3.13. The number of carbonyl (C=O) groups excluding carboxylic acids is 2. The molecule has 0 radical (unpaired) electrons. The van der Waals surface area contributed by atoms with Crippen LogP contribution in [0.15, 0.2) is 60.7 Å². The Morgan fingerprint density at radius 3 is 2.40 bits per heavy atom. The van der Waals surface area contributed by atoms with Gasteiger partial charge in [0.1, 0.15) is 0 Å². The summed E-state index contributed by atoms with van der Waals surface area (Å²) < 4.78 is 0. The molecule has 1 aliphatic heterocycles. The van der Waals surface area contributed by atoms with E-state index >= 15 is 0 Å². The van der Waals surface area contributed by atoms with E-state index in [1.165, 1.54) is 0 Å². The highest BCUT2D eigenvalue weighted by molar-refractivity contribution is 5.94. The van der Waals surface area contributed by atoms with Gasteiger partial charge in [-0.3, -0.25) is 9.59 Å². The van der Waals surface area contributed by atoms with Crippen LogP contribution < -0.4 is 11.1 Å². The van der Waals surface area contributed by atoms with Crippen molar-refractivity contribution in [2.45, 2.75) is 24.9 Å². The van der Waals surface area contributed by atoms with Gasteiger partial charge in [0.15, 0.2) is 0 Å². The third-order valence-corrected chi connectivity index (χ3v) is 4.49. The van der Waals surface area contributed by atoms with Gasteiger partial charge in [-0.1, -0.05) is 48.5 Å². The Labute approximate surface area is 147 Å². The standard InChI is InChI=1S/C20H23N3O2/c21-18(13-15-7-3-1-4-8-15)20(25)23-12-11-17(14-23)22-19(24)16-9-5-2-6-10-16/h1-10,17-18H,11-14,21H2,(H,22,24)/t17-,18+/m1/s1. The summed E-state index contributed by atoms with van der Waals surface area (Å²) in [6, 6.07) is 18.3. The number of likely N-dealkylation sites (tertiary alicyclic amines) is 1. The Bertz CT molecular complexity index is 718. The number of benzene rings is 2. The van der Waals surface area contributed by atoms with Crippen molar-refractivity contribution in [2.24, 2.45) is 5.73 Å². The molecule has 1 aliphatic rings. The number of nitrogens with zero attached hydrogens (tertiary/aromatic N) is 1. The second kappa shape index (κ2) is 7.94. The van der Waals surface area contributed by atoms with Crippen LogP contribution in [0, 0.1) is 0 Å². The number of nitrogens with two attached hydrogens (primary N) is 1. The van der Waals surface area contributed by atoms with E-state index < -0.39 is 6.04 Å². The number of amides is 2. The molecule has 0 saturated carbocycles. The normalized spacial score (nSPS) is 18.0. The predicted molar refractivity (Wildman–Crippen MR) is 97.0 cm³/mol. The summed E-state index contributed by atoms with van der Waals surface area (Å²) in [6.07, 6.45) is 1.28. The van der Waals surface area contributed by atoms with E-state index in [0.717, 1.165) is 12.0 Å². The minimum absolute atomic E-state index is 0.0272. The van der Waals surface area contributed by atoms with Crippen molar-refractivity contribution < 1.29 is 9.59 Å². The average molecular weight is 337 g/mol. The number of hydrogen-bond acceptors (Lipinski definition) is 3. The second-order valence-electron chi connectivity index (χ2n) is 6.41. The van der Waals surface area contributed by atoms with E-state index in [4.69, 9.17) is 5.73 Å². The molecular weight excluding hydrogens is 314 g/mol. The first-order valence-corrected chi connectivity index (χ1v) is 8.57. The Morgan fingerprint density at radius 2 is 1.72 bits per heavy atom. The average Bonchev–Trinajstić information content (AvgIpc) is 3.11. The second-order valence-corrected chi connectivity index (χ2v) is 6.41. The highest BCUT2D eigenvalue weighted by Gasteiger charge is 2.30. The molecule has 0 unspecified atom stereocenters. The SMILES string of the molecule is N[C@@H](Cc1ccccc1)C(=O)N1CC[C@@H](NC(=O)c2ccccc2)C1. The van der Waals surface area contributed by atoms with Crippen LogP contribution in [0.25, 0.3) is 0 Å². The molecule has 0 bridgehead atoms. The molecule has 25 heavy (non-hydrogen) atoms. The molecule has 2 atom stereocenters. The summed E-state index contributed by atoms with van der Waals surface area (Å²) in [5, 5.41) is 2.99. The maximum Gasteiger partial charge on any atom is 0.251 e. The monoisotopic (exact) mass is 337 g/mol. The summed E-state index contributed by atoms with van der Waals surface area (Å²) in [5.41, 5.74) is 7.77. The third-order valence-electron chi connectivity index (χ3n) is 4.49. The van der Waals surface area contributed by atoms with Crippen molar-refractivity contribution >= 4 is 11.8 Å². The van der Waals surface area contributed by atoms with Gasteiger partial charge in [-0.15, -0.1) is 0 Å². The zero-order chi connectivity index (χ0) is 17.6. The van der Waals surface area contributed by atoms with Gasteiger partial charge in [-0.05, 0) is 30.5 Å². The molecular formula is C20H23N3O2. The number of hydrogen-bond donors (Lipinski definition) is 2. The van der Waals surface area contributed by atoms with Crippen molar-refractivity contribution in [3.8, 4) is 0 Å². The molecule has 0 spiro atoms. The maximum atomic E-state index is 12.5. The molecule has 1 heterocycles. The van der Waals surface area contributed by atoms with Gasteiger partial charge in [0, 0.05) is 24.7 Å². The Morgan fingerprint density at radius 1 is 1.08 bits per heavy atom. The minimum atomic E-state index is -0.550. The van der Waals surface area contributed by atoms with Crippen LogP contribution in [-0.2, 0) is 11.2 Å². The maximum absolute atomic E-state index is 12.5. The van der Waals surface area contributed by atoms with Gasteiger partial charge < -0.3 is 16.0 Å². The summed E-state index contributed by atoms with van der Waals surface area (Å²) in [6.45, 7) is 1.14. The van der Waals surface area contributed by atoms with Crippen LogP contribution >= 0.6 is 0 Å². The number of rotatable bonds is 5. The molecule has 3 rings (SSSR count). The lowest BCUT2D eigenvalue weighted by Crippen LogP contribution is -2.45. The first kappa shape index (κ1) is 17.2. The van der Waals surface area contributed by atoms with Gasteiger partial charge in [0.2, 0.25) is 5.91 Å². The van der Waals surface area contributed by atoms with Crippen LogP contribution in [0.2, 0.25) is 0 Å². The zero-order valence-corrected chi connectivity index (χ0v) is 14.1. The first-order chi connectivity index (χ1) is 12.1. The van der Waals surface area contributed by atoms with E-state index in [1.54, 1.807) is 17.0 Å². The molecule has 0 aliphatic carbocycles. The van der Waals surface area contributed by atoms with E-state index in [2.05, 4.69) is 5.32 Å². The highest BCUT2D eigenvalue weighted by Crippen LogP contribution is 2.13. The van der Waals surface area contributed by atoms with E-state index in [0.29, 0.717) is 25.1 Å². The van der Waals surface area contributed by atoms with E-state index in [-0.39, 0.29) is 17.9 Å². The van der Waals surface area contributed by atoms with Crippen LogP contribution in [0.3, 0.4) is 0 Å². The van der Waals surface area contributed by atoms with Crippen molar-refractivity contribution in [3.63, 3.8) is 0 Å². The lowest BCUT2D eigenvalue weighted by Gasteiger charge is -2.21. The van der Waals surface area contributed by atoms with E-state index in [1.807, 2.05) is 48.5 Å². The van der Waals surface area contributed by atoms with Crippen molar-refractivity contribution in [3.05, 3.63) is 71.8 Å². The van der Waals surface area contributed by atoms with Crippen LogP contribution in [0.5, 0.6) is 0 Å². The molecule has 3 N–H and O–H groups in total. The highest BCUT2D eigenvalue weighted by atomic mass is 16.2. The lowest BCUT2D eigenvalue weighted by atomic mass is 10.1. The Hall–Kier alpha value is -2.66. The van der Waals surface area contributed by atoms with Crippen molar-refractivity contribution in [1.29, 1.82) is 0 Å². The number of nitrogens with one attached hydrogen (secondary N) is 1. The predicted octanol–water partition coefficient (Wildman–Crippen LogP) is 1.59. The lowest BCUT2D eigenvalue weighted by molar-refractivity contribution is -0.131. The number of carbonyl (C=O) groups is 2. The summed E-state index contributed by atoms with van der Waals surface area (Å²) in [5.74, 6) is -0.159. The van der Waals surface area contributed by atoms with Gasteiger partial charge in [-0.2, -0.15) is 0 Å². The molecule has 5 heteroatoms. The topological polar surface area (TPSA) is 75.4 Å². The molecule has 5 nitrogen and oxygen atoms in total. The largest absolute Gasteiger partial charge is 0.347 e. The molecule has 2 aromatic rings. The van der Waals surface area contributed by atoms with Crippen molar-refractivity contribution in [2.75, 3.05) is 13.1 Å². The van der Waals surface area contributed by atoms with Gasteiger partial charge in [-0.25, -0.2) is 0 Å². The summed E-state index contributed by atoms with van der Waals surface area (Å²) in [4.78, 5) is 26.5. The summed E-state index contributed by atoms with van der Waals surface area (Å²) in [7, 11) is 0. The van der Waals surface area contributed by atoms with Crippen LogP contribution in [0.1, 0.15) is 22.3 Å². The fraction of sp³-hybridized carbons (Fsp3) is 0.300. The van der Waals surface area contributed by atoms with Crippen molar-refractivity contribution in [1.82, 2.24) is 10.2 Å². The smallest absolute Gasteiger partial charge is 0.251 e. The third kappa shape index (κ3) is 4.45. The first-order valence-electron chi connectivity index (χ1n) is 8.57. The summed E-state index contributed by atoms with van der Waals surface area (Å²) >= 11 is 0. The molecule has 2 aromatic carbocycles. The van der Waals surface area contributed by atoms with Gasteiger partial charge >= 0.3 is 0 Å². The van der Waals surface area contributed by atoms with E-state index in [9.17, 15) is 9.59 Å². The molecule has 0 aromatic heterocycles.